The first-order valence-electron chi connectivity index (χ1n) is 6.30. The van der Waals surface area contributed by atoms with Crippen molar-refractivity contribution in [3.8, 4) is 0 Å². The van der Waals surface area contributed by atoms with Gasteiger partial charge in [0, 0.05) is 11.5 Å². The van der Waals surface area contributed by atoms with E-state index in [0.29, 0.717) is 18.3 Å². The van der Waals surface area contributed by atoms with Gasteiger partial charge < -0.3 is 10.5 Å². The Balaban J connectivity index is 1.70. The normalized spacial score (nSPS) is 18.7. The summed E-state index contributed by atoms with van der Waals surface area (Å²) < 4.78 is 4.88. The zero-order valence-corrected chi connectivity index (χ0v) is 11.4. The number of ether oxygens (including phenoxy) is 1. The molecule has 2 rings (SSSR count). The summed E-state index contributed by atoms with van der Waals surface area (Å²) in [6, 6.07) is 8.04. The monoisotopic (exact) mass is 265 g/mol. The number of esters is 1. The number of hydrogen-bond acceptors (Lipinski definition) is 4. The maximum Gasteiger partial charge on any atom is 0.323 e. The molecule has 0 amide bonds. The molecular weight excluding hydrogens is 246 g/mol. The molecule has 18 heavy (non-hydrogen) atoms. The summed E-state index contributed by atoms with van der Waals surface area (Å²) >= 11 is 1.74. The van der Waals surface area contributed by atoms with Gasteiger partial charge in [0.15, 0.2) is 0 Å². The largest absolute Gasteiger partial charge is 0.465 e. The Kier molecular flexibility index (Phi) is 4.66. The fourth-order valence-corrected chi connectivity index (χ4v) is 3.27. The second-order valence-electron chi connectivity index (χ2n) is 4.50. The zero-order chi connectivity index (χ0) is 13.0. The molecule has 0 bridgehead atoms. The molecule has 1 aromatic rings. The van der Waals surface area contributed by atoms with Crippen molar-refractivity contribution >= 4 is 17.7 Å². The van der Waals surface area contributed by atoms with Gasteiger partial charge in [-0.2, -0.15) is 11.8 Å². The van der Waals surface area contributed by atoms with E-state index in [-0.39, 0.29) is 5.97 Å². The molecule has 1 aliphatic carbocycles. The molecule has 0 heterocycles. The Morgan fingerprint density at radius 3 is 3.06 bits per heavy atom. The van der Waals surface area contributed by atoms with Crippen molar-refractivity contribution in [2.24, 2.45) is 5.73 Å². The molecule has 1 aromatic carbocycles. The van der Waals surface area contributed by atoms with Gasteiger partial charge in [-0.3, -0.25) is 4.79 Å². The van der Waals surface area contributed by atoms with E-state index in [1.54, 1.807) is 18.7 Å². The molecule has 1 aliphatic rings. The molecule has 2 atom stereocenters. The first kappa shape index (κ1) is 13.4. The summed E-state index contributed by atoms with van der Waals surface area (Å²) in [5.41, 5.74) is 8.66. The third-order valence-corrected chi connectivity index (χ3v) is 4.40. The smallest absolute Gasteiger partial charge is 0.323 e. The van der Waals surface area contributed by atoms with Crippen LogP contribution in [-0.4, -0.2) is 30.1 Å². The summed E-state index contributed by atoms with van der Waals surface area (Å²) in [5.74, 6) is 2.00. The third kappa shape index (κ3) is 3.06. The van der Waals surface area contributed by atoms with Gasteiger partial charge in [0.05, 0.1) is 6.61 Å². The van der Waals surface area contributed by atoms with Gasteiger partial charge in [-0.1, -0.05) is 24.3 Å². The molecule has 4 heteroatoms. The van der Waals surface area contributed by atoms with Crippen molar-refractivity contribution in [2.45, 2.75) is 25.3 Å². The van der Waals surface area contributed by atoms with E-state index in [1.165, 1.54) is 11.1 Å². The highest BCUT2D eigenvalue weighted by atomic mass is 32.2. The molecule has 0 spiro atoms. The first-order chi connectivity index (χ1) is 8.72. The number of carbonyl (C=O) groups is 1. The van der Waals surface area contributed by atoms with Crippen molar-refractivity contribution in [1.29, 1.82) is 0 Å². The quantitative estimate of drug-likeness (QED) is 0.799. The van der Waals surface area contributed by atoms with Crippen LogP contribution in [-0.2, 0) is 16.0 Å². The molecule has 0 saturated carbocycles. The molecule has 0 saturated heterocycles. The number of carbonyl (C=O) groups excluding carboxylic acids is 1. The van der Waals surface area contributed by atoms with E-state index < -0.39 is 6.04 Å². The summed E-state index contributed by atoms with van der Waals surface area (Å²) in [7, 11) is 0. The SMILES string of the molecule is CCOC(=O)C(N)CSCC1Cc2ccccc21. The zero-order valence-electron chi connectivity index (χ0n) is 10.6. The highest BCUT2D eigenvalue weighted by Gasteiger charge is 2.25. The number of rotatable bonds is 6. The highest BCUT2D eigenvalue weighted by molar-refractivity contribution is 7.99. The Labute approximate surface area is 112 Å². The molecule has 3 nitrogen and oxygen atoms in total. The fourth-order valence-electron chi connectivity index (χ4n) is 2.17. The van der Waals surface area contributed by atoms with Crippen LogP contribution in [0.4, 0.5) is 0 Å². The van der Waals surface area contributed by atoms with Gasteiger partial charge in [0.25, 0.3) is 0 Å². The predicted molar refractivity (Wildman–Crippen MR) is 74.8 cm³/mol. The van der Waals surface area contributed by atoms with Gasteiger partial charge in [-0.25, -0.2) is 0 Å². The number of hydrogen-bond donors (Lipinski definition) is 1. The summed E-state index contributed by atoms with van der Waals surface area (Å²) in [5, 5.41) is 0. The van der Waals surface area contributed by atoms with Gasteiger partial charge >= 0.3 is 5.97 Å². The Bertz CT molecular complexity index is 422. The summed E-state index contributed by atoms with van der Waals surface area (Å²) in [6.07, 6.45) is 1.15. The van der Waals surface area contributed by atoms with Gasteiger partial charge in [0.1, 0.15) is 6.04 Å². The van der Waals surface area contributed by atoms with E-state index >= 15 is 0 Å². The predicted octanol–water partition coefficient (Wildman–Crippen LogP) is 1.95. The minimum absolute atomic E-state index is 0.293. The van der Waals surface area contributed by atoms with Gasteiger partial charge in [-0.05, 0) is 30.4 Å². The summed E-state index contributed by atoms with van der Waals surface area (Å²) in [4.78, 5) is 11.3. The number of benzene rings is 1. The molecule has 0 fully saturated rings. The van der Waals surface area contributed by atoms with E-state index in [4.69, 9.17) is 10.5 Å². The van der Waals surface area contributed by atoms with Crippen LogP contribution in [0.3, 0.4) is 0 Å². The van der Waals surface area contributed by atoms with Crippen LogP contribution in [0.1, 0.15) is 24.0 Å². The molecule has 0 radical (unpaired) electrons. The lowest BCUT2D eigenvalue weighted by Gasteiger charge is -2.29. The third-order valence-electron chi connectivity index (χ3n) is 3.17. The lowest BCUT2D eigenvalue weighted by atomic mass is 9.79. The Hall–Kier alpha value is -1.00. The van der Waals surface area contributed by atoms with Crippen molar-refractivity contribution < 1.29 is 9.53 Å². The molecule has 98 valence electrons. The number of thioether (sulfide) groups is 1. The Morgan fingerprint density at radius 2 is 2.33 bits per heavy atom. The van der Waals surface area contributed by atoms with Crippen molar-refractivity contribution in [2.75, 3.05) is 18.1 Å². The maximum absolute atomic E-state index is 11.3. The average molecular weight is 265 g/mol. The highest BCUT2D eigenvalue weighted by Crippen LogP contribution is 2.36. The standard InChI is InChI=1S/C14H19NO2S/c1-2-17-14(16)13(15)9-18-8-11-7-10-5-3-4-6-12(10)11/h3-6,11,13H,2,7-9,15H2,1H3. The van der Waals surface area contributed by atoms with Crippen LogP contribution in [0.2, 0.25) is 0 Å². The second kappa shape index (κ2) is 6.25. The van der Waals surface area contributed by atoms with E-state index in [0.717, 1.165) is 12.2 Å². The molecule has 0 aliphatic heterocycles. The Morgan fingerprint density at radius 1 is 1.56 bits per heavy atom. The summed E-state index contributed by atoms with van der Waals surface area (Å²) in [6.45, 7) is 2.19. The van der Waals surface area contributed by atoms with Crippen molar-refractivity contribution in [3.05, 3.63) is 35.4 Å². The fraction of sp³-hybridized carbons (Fsp3) is 0.500. The van der Waals surface area contributed by atoms with Crippen LogP contribution < -0.4 is 5.73 Å². The van der Waals surface area contributed by atoms with Crippen LogP contribution in [0, 0.1) is 0 Å². The minimum Gasteiger partial charge on any atom is -0.465 e. The van der Waals surface area contributed by atoms with Gasteiger partial charge in [0.2, 0.25) is 0 Å². The molecule has 2 N–H and O–H groups in total. The minimum atomic E-state index is -0.495. The second-order valence-corrected chi connectivity index (χ2v) is 5.57. The van der Waals surface area contributed by atoms with E-state index in [2.05, 4.69) is 24.3 Å². The van der Waals surface area contributed by atoms with E-state index in [1.807, 2.05) is 0 Å². The lowest BCUT2D eigenvalue weighted by molar-refractivity contribution is -0.144. The number of nitrogens with two attached hydrogens (primary N) is 1. The molecular formula is C14H19NO2S. The molecule has 0 aromatic heterocycles. The van der Waals surface area contributed by atoms with Crippen molar-refractivity contribution in [1.82, 2.24) is 0 Å². The topological polar surface area (TPSA) is 52.3 Å². The van der Waals surface area contributed by atoms with Crippen LogP contribution in [0.25, 0.3) is 0 Å². The molecule has 2 unspecified atom stereocenters. The van der Waals surface area contributed by atoms with Crippen LogP contribution in [0.5, 0.6) is 0 Å². The first-order valence-corrected chi connectivity index (χ1v) is 7.45. The average Bonchev–Trinajstić information content (AvgIpc) is 2.35. The van der Waals surface area contributed by atoms with Crippen LogP contribution >= 0.6 is 11.8 Å². The van der Waals surface area contributed by atoms with Gasteiger partial charge in [-0.15, -0.1) is 0 Å². The van der Waals surface area contributed by atoms with Crippen LogP contribution in [0.15, 0.2) is 24.3 Å². The van der Waals surface area contributed by atoms with E-state index in [9.17, 15) is 4.79 Å². The van der Waals surface area contributed by atoms with Crippen molar-refractivity contribution in [3.63, 3.8) is 0 Å². The number of fused-ring (bicyclic) bond motifs is 1. The maximum atomic E-state index is 11.3. The lowest BCUT2D eigenvalue weighted by Crippen LogP contribution is -2.35.